The predicted molar refractivity (Wildman–Crippen MR) is 136 cm³/mol. The highest BCUT2D eigenvalue weighted by atomic mass is 32.2. The summed E-state index contributed by atoms with van der Waals surface area (Å²) >= 11 is 1.39. The zero-order valence-electron chi connectivity index (χ0n) is 20.1. The molecule has 2 unspecified atom stereocenters. The van der Waals surface area contributed by atoms with E-state index in [4.69, 9.17) is 0 Å². The van der Waals surface area contributed by atoms with Crippen LogP contribution < -0.4 is 10.6 Å². The molecule has 9 heteroatoms. The Hall–Kier alpha value is -2.39. The number of benzene rings is 1. The van der Waals surface area contributed by atoms with E-state index >= 15 is 0 Å². The number of hydrogen-bond acceptors (Lipinski definition) is 6. The van der Waals surface area contributed by atoms with Crippen molar-refractivity contribution in [2.75, 3.05) is 38.0 Å². The highest BCUT2D eigenvalue weighted by Crippen LogP contribution is 2.29. The number of amides is 3. The predicted octanol–water partition coefficient (Wildman–Crippen LogP) is 2.96. The number of carbonyl (C=O) groups excluding carboxylic acids is 3. The molecule has 8 nitrogen and oxygen atoms in total. The minimum absolute atomic E-state index is 0.0643. The molecule has 0 spiro atoms. The normalized spacial score (nSPS) is 23.3. The number of hydrogen-bond donors (Lipinski definition) is 2. The Balaban J connectivity index is 1.25. The molecule has 184 valence electrons. The van der Waals surface area contributed by atoms with Crippen molar-refractivity contribution in [1.29, 1.82) is 0 Å². The molecule has 0 bridgehead atoms. The van der Waals surface area contributed by atoms with Gasteiger partial charge in [0.15, 0.2) is 5.17 Å². The molecule has 3 heterocycles. The van der Waals surface area contributed by atoms with E-state index in [0.29, 0.717) is 29.8 Å². The highest BCUT2D eigenvalue weighted by molar-refractivity contribution is 8.15. The molecule has 3 aliphatic rings. The summed E-state index contributed by atoms with van der Waals surface area (Å²) in [6.45, 7) is 8.97. The summed E-state index contributed by atoms with van der Waals surface area (Å²) in [7, 11) is 0. The van der Waals surface area contributed by atoms with Gasteiger partial charge in [0.25, 0.3) is 11.8 Å². The average molecular weight is 486 g/mol. The van der Waals surface area contributed by atoms with Gasteiger partial charge >= 0.3 is 0 Å². The quantitative estimate of drug-likeness (QED) is 0.617. The number of nitrogens with one attached hydrogen (secondary N) is 2. The molecule has 0 aliphatic carbocycles. The van der Waals surface area contributed by atoms with Crippen LogP contribution >= 0.6 is 11.8 Å². The summed E-state index contributed by atoms with van der Waals surface area (Å²) in [6, 6.07) is 7.47. The highest BCUT2D eigenvalue weighted by Gasteiger charge is 2.33. The van der Waals surface area contributed by atoms with Crippen LogP contribution in [0.15, 0.2) is 29.3 Å². The molecular weight excluding hydrogens is 450 g/mol. The number of nitrogens with zero attached hydrogens (tertiary/aromatic N) is 3. The van der Waals surface area contributed by atoms with Gasteiger partial charge in [0.05, 0.1) is 0 Å². The molecule has 0 radical (unpaired) electrons. The molecule has 2 fully saturated rings. The smallest absolute Gasteiger partial charge is 0.262 e. The largest absolute Gasteiger partial charge is 0.352 e. The Morgan fingerprint density at radius 3 is 2.71 bits per heavy atom. The minimum atomic E-state index is -0.486. The lowest BCUT2D eigenvalue weighted by Crippen LogP contribution is -2.33. The average Bonchev–Trinajstić information content (AvgIpc) is 3.45. The van der Waals surface area contributed by atoms with Gasteiger partial charge in [0, 0.05) is 49.9 Å². The SMILES string of the molecule is CC(C)N1CCC(CNC(=O)c2cccc(NC(=O)CC3SC(N4CCCCC4)=NC3=O)c2)C1. The zero-order chi connectivity index (χ0) is 24.1. The van der Waals surface area contributed by atoms with E-state index in [2.05, 4.69) is 39.3 Å². The van der Waals surface area contributed by atoms with Crippen LogP contribution in [0.1, 0.15) is 56.3 Å². The van der Waals surface area contributed by atoms with Gasteiger partial charge in [-0.2, -0.15) is 4.99 Å². The van der Waals surface area contributed by atoms with Gasteiger partial charge in [-0.25, -0.2) is 0 Å². The lowest BCUT2D eigenvalue weighted by molar-refractivity contribution is -0.121. The van der Waals surface area contributed by atoms with Gasteiger partial charge in [0.1, 0.15) is 5.25 Å². The summed E-state index contributed by atoms with van der Waals surface area (Å²) < 4.78 is 0. The van der Waals surface area contributed by atoms with Crippen molar-refractivity contribution in [2.24, 2.45) is 10.9 Å². The van der Waals surface area contributed by atoms with Crippen molar-refractivity contribution in [2.45, 2.75) is 57.2 Å². The minimum Gasteiger partial charge on any atom is -0.352 e. The van der Waals surface area contributed by atoms with Crippen LogP contribution in [-0.4, -0.2) is 76.7 Å². The third-order valence-corrected chi connectivity index (χ3v) is 7.95. The molecule has 1 aromatic carbocycles. The van der Waals surface area contributed by atoms with Crippen LogP contribution in [-0.2, 0) is 9.59 Å². The fourth-order valence-electron chi connectivity index (χ4n) is 4.69. The number of anilines is 1. The molecular formula is C25H35N5O3S. The third kappa shape index (κ3) is 6.39. The number of likely N-dealkylation sites (tertiary alicyclic amines) is 2. The third-order valence-electron chi connectivity index (χ3n) is 6.73. The fourth-order valence-corrected chi connectivity index (χ4v) is 5.80. The Morgan fingerprint density at radius 1 is 1.18 bits per heavy atom. The Kier molecular flexibility index (Phi) is 8.26. The first-order valence-corrected chi connectivity index (χ1v) is 13.2. The number of piperidine rings is 1. The summed E-state index contributed by atoms with van der Waals surface area (Å²) in [5.41, 5.74) is 1.07. The van der Waals surface area contributed by atoms with Crippen LogP contribution in [0.3, 0.4) is 0 Å². The van der Waals surface area contributed by atoms with Gasteiger partial charge in [-0.1, -0.05) is 17.8 Å². The van der Waals surface area contributed by atoms with Gasteiger partial charge in [-0.3, -0.25) is 14.4 Å². The first kappa shape index (κ1) is 24.7. The van der Waals surface area contributed by atoms with Crippen LogP contribution in [0, 0.1) is 5.92 Å². The molecule has 0 aromatic heterocycles. The van der Waals surface area contributed by atoms with Crippen molar-refractivity contribution in [1.82, 2.24) is 15.1 Å². The Labute approximate surface area is 205 Å². The lowest BCUT2D eigenvalue weighted by Gasteiger charge is -2.27. The second-order valence-corrected chi connectivity index (χ2v) is 10.8. The Morgan fingerprint density at radius 2 is 1.97 bits per heavy atom. The van der Waals surface area contributed by atoms with Crippen LogP contribution in [0.25, 0.3) is 0 Å². The standard InChI is InChI=1S/C25H35N5O3S/c1-17(2)30-12-9-18(16-30)15-26-23(32)19-7-6-8-20(13-19)27-22(31)14-21-24(33)28-25(34-21)29-10-4-3-5-11-29/h6-8,13,17-18,21H,3-5,9-12,14-16H2,1-2H3,(H,26,32)(H,27,31). The van der Waals surface area contributed by atoms with E-state index in [0.717, 1.165) is 50.6 Å². The van der Waals surface area contributed by atoms with E-state index in [1.807, 2.05) is 0 Å². The molecule has 2 saturated heterocycles. The Bertz CT molecular complexity index is 944. The second kappa shape index (κ2) is 11.4. The molecule has 3 amide bonds. The molecule has 2 N–H and O–H groups in total. The van der Waals surface area contributed by atoms with Gasteiger partial charge in [-0.15, -0.1) is 0 Å². The van der Waals surface area contributed by atoms with E-state index in [-0.39, 0.29) is 24.1 Å². The van der Waals surface area contributed by atoms with E-state index in [1.54, 1.807) is 24.3 Å². The maximum Gasteiger partial charge on any atom is 0.262 e. The van der Waals surface area contributed by atoms with E-state index in [9.17, 15) is 14.4 Å². The maximum atomic E-state index is 12.7. The van der Waals surface area contributed by atoms with Crippen molar-refractivity contribution in [3.63, 3.8) is 0 Å². The number of amidine groups is 1. The lowest BCUT2D eigenvalue weighted by atomic mass is 10.1. The summed E-state index contributed by atoms with van der Waals surface area (Å²) in [4.78, 5) is 46.4. The number of rotatable bonds is 7. The first-order chi connectivity index (χ1) is 16.4. The van der Waals surface area contributed by atoms with Crippen molar-refractivity contribution in [3.05, 3.63) is 29.8 Å². The van der Waals surface area contributed by atoms with Crippen LogP contribution in [0.2, 0.25) is 0 Å². The number of carbonyl (C=O) groups is 3. The second-order valence-electron chi connectivity index (χ2n) is 9.67. The van der Waals surface area contributed by atoms with E-state index < -0.39 is 5.25 Å². The summed E-state index contributed by atoms with van der Waals surface area (Å²) in [6.07, 6.45) is 4.59. The molecule has 34 heavy (non-hydrogen) atoms. The van der Waals surface area contributed by atoms with Crippen molar-refractivity contribution in [3.8, 4) is 0 Å². The topological polar surface area (TPSA) is 94.1 Å². The molecule has 3 aliphatic heterocycles. The monoisotopic (exact) mass is 485 g/mol. The number of aliphatic imine (C=N–C) groups is 1. The molecule has 1 aromatic rings. The zero-order valence-corrected chi connectivity index (χ0v) is 20.9. The van der Waals surface area contributed by atoms with Crippen molar-refractivity contribution < 1.29 is 14.4 Å². The van der Waals surface area contributed by atoms with Gasteiger partial charge in [0.2, 0.25) is 5.91 Å². The first-order valence-electron chi connectivity index (χ1n) is 12.4. The van der Waals surface area contributed by atoms with Crippen LogP contribution in [0.4, 0.5) is 5.69 Å². The molecule has 4 rings (SSSR count). The number of thioether (sulfide) groups is 1. The van der Waals surface area contributed by atoms with E-state index in [1.165, 1.54) is 18.2 Å². The van der Waals surface area contributed by atoms with Crippen molar-refractivity contribution >= 4 is 40.3 Å². The maximum absolute atomic E-state index is 12.7. The summed E-state index contributed by atoms with van der Waals surface area (Å²) in [5, 5.41) is 6.14. The van der Waals surface area contributed by atoms with Gasteiger partial charge in [-0.05, 0) is 70.2 Å². The van der Waals surface area contributed by atoms with Gasteiger partial charge < -0.3 is 20.4 Å². The molecule has 0 saturated carbocycles. The summed E-state index contributed by atoms with van der Waals surface area (Å²) in [5.74, 6) is -0.164. The van der Waals surface area contributed by atoms with Crippen LogP contribution in [0.5, 0.6) is 0 Å². The fraction of sp³-hybridized carbons (Fsp3) is 0.600. The molecule has 2 atom stereocenters.